The van der Waals surface area contributed by atoms with Gasteiger partial charge in [-0.05, 0) is 19.1 Å². The van der Waals surface area contributed by atoms with Gasteiger partial charge in [0.1, 0.15) is 18.5 Å². The quantitative estimate of drug-likeness (QED) is 0.693. The van der Waals surface area contributed by atoms with Gasteiger partial charge < -0.3 is 0 Å². The number of aryl methyl sites for hydroxylation is 1. The minimum atomic E-state index is 0.664. The highest BCUT2D eigenvalue weighted by atomic mass is 35.5. The molecule has 2 aromatic rings. The fraction of sp³-hybridized carbons (Fsp3) is 0.125. The molecule has 0 amide bonds. The van der Waals surface area contributed by atoms with E-state index in [1.54, 1.807) is 23.3 Å². The fourth-order valence-corrected chi connectivity index (χ4v) is 1.10. The van der Waals surface area contributed by atoms with Crippen LogP contribution < -0.4 is 0 Å². The van der Waals surface area contributed by atoms with Crippen LogP contribution in [0.1, 0.15) is 5.69 Å². The molecule has 2 heterocycles. The molecule has 0 aliphatic rings. The van der Waals surface area contributed by atoms with E-state index in [0.29, 0.717) is 5.02 Å². The van der Waals surface area contributed by atoms with E-state index in [-0.39, 0.29) is 0 Å². The molecule has 2 aromatic heterocycles. The van der Waals surface area contributed by atoms with Crippen LogP contribution in [-0.2, 0) is 0 Å². The van der Waals surface area contributed by atoms with Crippen molar-refractivity contribution in [3.05, 3.63) is 35.5 Å². The second-order valence-corrected chi connectivity index (χ2v) is 3.01. The third-order valence-corrected chi connectivity index (χ3v) is 2.09. The SMILES string of the molecule is Cc1nc(-n2cnnc2)ccc1Cl. The number of nitrogens with zero attached hydrogens (tertiary/aromatic N) is 4. The molecule has 0 aliphatic heterocycles. The maximum atomic E-state index is 5.84. The van der Waals surface area contributed by atoms with Gasteiger partial charge >= 0.3 is 0 Å². The first-order valence-electron chi connectivity index (χ1n) is 3.75. The number of hydrogen-bond acceptors (Lipinski definition) is 3. The van der Waals surface area contributed by atoms with Gasteiger partial charge in [-0.15, -0.1) is 10.2 Å². The second kappa shape index (κ2) is 3.14. The molecule has 0 spiro atoms. The lowest BCUT2D eigenvalue weighted by atomic mass is 10.4. The summed E-state index contributed by atoms with van der Waals surface area (Å²) in [4.78, 5) is 4.27. The average molecular weight is 195 g/mol. The molecule has 0 radical (unpaired) electrons. The molecule has 0 unspecified atom stereocenters. The number of aromatic nitrogens is 4. The molecule has 5 heteroatoms. The summed E-state index contributed by atoms with van der Waals surface area (Å²) < 4.78 is 1.73. The monoisotopic (exact) mass is 194 g/mol. The predicted octanol–water partition coefficient (Wildman–Crippen LogP) is 1.62. The summed E-state index contributed by atoms with van der Waals surface area (Å²) in [6, 6.07) is 3.62. The van der Waals surface area contributed by atoms with Crippen LogP contribution in [0.5, 0.6) is 0 Å². The highest BCUT2D eigenvalue weighted by molar-refractivity contribution is 6.31. The van der Waals surface area contributed by atoms with Gasteiger partial charge in [-0.3, -0.25) is 4.57 Å². The van der Waals surface area contributed by atoms with Crippen LogP contribution in [0, 0.1) is 6.92 Å². The molecular formula is C8H7ClN4. The van der Waals surface area contributed by atoms with Gasteiger partial charge in [-0.1, -0.05) is 11.6 Å². The molecule has 0 saturated heterocycles. The largest absolute Gasteiger partial charge is 0.272 e. The Morgan fingerprint density at radius 3 is 2.54 bits per heavy atom. The predicted molar refractivity (Wildman–Crippen MR) is 48.9 cm³/mol. The van der Waals surface area contributed by atoms with Crippen LogP contribution in [-0.4, -0.2) is 19.7 Å². The van der Waals surface area contributed by atoms with Gasteiger partial charge in [0, 0.05) is 0 Å². The van der Waals surface area contributed by atoms with Crippen LogP contribution >= 0.6 is 11.6 Å². The zero-order valence-corrected chi connectivity index (χ0v) is 7.73. The van der Waals surface area contributed by atoms with E-state index in [2.05, 4.69) is 15.2 Å². The zero-order chi connectivity index (χ0) is 9.26. The Hall–Kier alpha value is -1.42. The van der Waals surface area contributed by atoms with E-state index < -0.39 is 0 Å². The van der Waals surface area contributed by atoms with Gasteiger partial charge in [0.15, 0.2) is 0 Å². The summed E-state index contributed by atoms with van der Waals surface area (Å²) >= 11 is 5.84. The van der Waals surface area contributed by atoms with Crippen molar-refractivity contribution in [3.8, 4) is 5.82 Å². The second-order valence-electron chi connectivity index (χ2n) is 2.61. The van der Waals surface area contributed by atoms with Crippen molar-refractivity contribution in [1.29, 1.82) is 0 Å². The van der Waals surface area contributed by atoms with Crippen LogP contribution in [0.4, 0.5) is 0 Å². The van der Waals surface area contributed by atoms with Crippen molar-refractivity contribution < 1.29 is 0 Å². The van der Waals surface area contributed by atoms with Crippen molar-refractivity contribution in [2.45, 2.75) is 6.92 Å². The third-order valence-electron chi connectivity index (χ3n) is 1.69. The van der Waals surface area contributed by atoms with Crippen LogP contribution in [0.2, 0.25) is 5.02 Å². The van der Waals surface area contributed by atoms with Gasteiger partial charge in [0.05, 0.1) is 10.7 Å². The molecule has 0 N–H and O–H groups in total. The Bertz CT molecular complexity index is 410. The topological polar surface area (TPSA) is 43.6 Å². The molecule has 4 nitrogen and oxygen atoms in total. The normalized spacial score (nSPS) is 10.3. The highest BCUT2D eigenvalue weighted by Crippen LogP contribution is 2.14. The molecule has 0 bridgehead atoms. The van der Waals surface area contributed by atoms with Crippen molar-refractivity contribution in [2.24, 2.45) is 0 Å². The van der Waals surface area contributed by atoms with E-state index in [9.17, 15) is 0 Å². The van der Waals surface area contributed by atoms with E-state index in [1.165, 1.54) is 0 Å². The van der Waals surface area contributed by atoms with Gasteiger partial charge in [-0.25, -0.2) is 4.98 Å². The molecule has 66 valence electrons. The summed E-state index contributed by atoms with van der Waals surface area (Å²) in [5.41, 5.74) is 0.799. The maximum Gasteiger partial charge on any atom is 0.139 e. The third kappa shape index (κ3) is 1.53. The Labute approximate surface area is 80.2 Å². The summed E-state index contributed by atoms with van der Waals surface area (Å²) in [5.74, 6) is 0.770. The summed E-state index contributed by atoms with van der Waals surface area (Å²) in [6.45, 7) is 1.86. The Morgan fingerprint density at radius 1 is 1.23 bits per heavy atom. The van der Waals surface area contributed by atoms with E-state index >= 15 is 0 Å². The molecule has 0 fully saturated rings. The molecular weight excluding hydrogens is 188 g/mol. The molecule has 0 atom stereocenters. The first kappa shape index (κ1) is 8.19. The standard InChI is InChI=1S/C8H7ClN4/c1-6-7(9)2-3-8(12-6)13-4-10-11-5-13/h2-5H,1H3. The Balaban J connectivity index is 2.49. The van der Waals surface area contributed by atoms with Crippen LogP contribution in [0.3, 0.4) is 0 Å². The summed E-state index contributed by atoms with van der Waals surface area (Å²) in [6.07, 6.45) is 3.19. The zero-order valence-electron chi connectivity index (χ0n) is 6.98. The average Bonchev–Trinajstić information content (AvgIpc) is 2.62. The van der Waals surface area contributed by atoms with E-state index in [0.717, 1.165) is 11.5 Å². The van der Waals surface area contributed by atoms with Gasteiger partial charge in [0.25, 0.3) is 0 Å². The first-order chi connectivity index (χ1) is 6.27. The van der Waals surface area contributed by atoms with Crippen molar-refractivity contribution >= 4 is 11.6 Å². The van der Waals surface area contributed by atoms with Crippen molar-refractivity contribution in [1.82, 2.24) is 19.7 Å². The lowest BCUT2D eigenvalue weighted by Gasteiger charge is -2.01. The first-order valence-corrected chi connectivity index (χ1v) is 4.13. The van der Waals surface area contributed by atoms with E-state index in [4.69, 9.17) is 11.6 Å². The van der Waals surface area contributed by atoms with Crippen molar-refractivity contribution in [3.63, 3.8) is 0 Å². The lowest BCUT2D eigenvalue weighted by molar-refractivity contribution is 0.973. The molecule has 2 rings (SSSR count). The summed E-state index contributed by atoms with van der Waals surface area (Å²) in [5, 5.41) is 8.04. The van der Waals surface area contributed by atoms with Gasteiger partial charge in [0.2, 0.25) is 0 Å². The molecule has 13 heavy (non-hydrogen) atoms. The minimum Gasteiger partial charge on any atom is -0.272 e. The number of pyridine rings is 1. The van der Waals surface area contributed by atoms with E-state index in [1.807, 2.05) is 13.0 Å². The fourth-order valence-electron chi connectivity index (χ4n) is 0.994. The van der Waals surface area contributed by atoms with Crippen LogP contribution in [0.15, 0.2) is 24.8 Å². The highest BCUT2D eigenvalue weighted by Gasteiger charge is 2.00. The van der Waals surface area contributed by atoms with Crippen LogP contribution in [0.25, 0.3) is 5.82 Å². The van der Waals surface area contributed by atoms with Gasteiger partial charge in [-0.2, -0.15) is 0 Å². The van der Waals surface area contributed by atoms with Crippen molar-refractivity contribution in [2.75, 3.05) is 0 Å². The smallest absolute Gasteiger partial charge is 0.139 e. The number of rotatable bonds is 1. The summed E-state index contributed by atoms with van der Waals surface area (Å²) in [7, 11) is 0. The Kier molecular flexibility index (Phi) is 1.98. The number of hydrogen-bond donors (Lipinski definition) is 0. The molecule has 0 aromatic carbocycles. The number of halogens is 1. The molecule has 0 saturated carbocycles. The minimum absolute atomic E-state index is 0.664. The Morgan fingerprint density at radius 2 is 1.92 bits per heavy atom. The maximum absolute atomic E-state index is 5.84. The molecule has 0 aliphatic carbocycles. The lowest BCUT2D eigenvalue weighted by Crippen LogP contribution is -1.95.